The zero-order valence-electron chi connectivity index (χ0n) is 16.4. The number of fused-ring (bicyclic) bond motifs is 1. The fourth-order valence-corrected chi connectivity index (χ4v) is 4.07. The van der Waals surface area contributed by atoms with E-state index in [1.807, 2.05) is 4.90 Å². The molecule has 4 heterocycles. The molecule has 162 valence electrons. The number of aliphatic imine (C=N–C) groups is 1. The average molecular weight is 443 g/mol. The van der Waals surface area contributed by atoms with Gasteiger partial charge in [-0.1, -0.05) is 11.6 Å². The Balaban J connectivity index is 1.33. The number of alkyl halides is 3. The van der Waals surface area contributed by atoms with Crippen LogP contribution in [0.3, 0.4) is 0 Å². The number of guanidine groups is 1. The maximum Gasteiger partial charge on any atom is 0.417 e. The third-order valence-corrected chi connectivity index (χ3v) is 5.58. The zero-order chi connectivity index (χ0) is 21.3. The average Bonchev–Trinajstić information content (AvgIpc) is 3.42. The van der Waals surface area contributed by atoms with Gasteiger partial charge in [-0.2, -0.15) is 13.2 Å². The first-order chi connectivity index (χ1) is 14.3. The van der Waals surface area contributed by atoms with Crippen LogP contribution in [0.1, 0.15) is 30.1 Å². The molecule has 2 aliphatic rings. The van der Waals surface area contributed by atoms with E-state index >= 15 is 0 Å². The Morgan fingerprint density at radius 2 is 2.17 bits per heavy atom. The lowest BCUT2D eigenvalue weighted by Crippen LogP contribution is -2.44. The molecular weight excluding hydrogens is 421 g/mol. The number of aryl methyl sites for hydroxylation is 1. The first kappa shape index (κ1) is 20.7. The summed E-state index contributed by atoms with van der Waals surface area (Å²) in [5.74, 6) is 2.88. The lowest BCUT2D eigenvalue weighted by Gasteiger charge is -2.21. The Morgan fingerprint density at radius 1 is 1.33 bits per heavy atom. The number of anilines is 1. The molecule has 0 amide bonds. The minimum absolute atomic E-state index is 0.00588. The van der Waals surface area contributed by atoms with Crippen molar-refractivity contribution in [1.29, 1.82) is 0 Å². The van der Waals surface area contributed by atoms with Crippen molar-refractivity contribution in [3.8, 4) is 0 Å². The predicted octanol–water partition coefficient (Wildman–Crippen LogP) is 2.24. The van der Waals surface area contributed by atoms with Gasteiger partial charge in [-0.05, 0) is 18.9 Å². The van der Waals surface area contributed by atoms with E-state index in [0.717, 1.165) is 49.7 Å². The second kappa shape index (κ2) is 8.29. The molecule has 2 aliphatic heterocycles. The molecule has 1 atom stereocenters. The van der Waals surface area contributed by atoms with Gasteiger partial charge in [0.1, 0.15) is 11.6 Å². The van der Waals surface area contributed by atoms with Crippen molar-refractivity contribution in [1.82, 2.24) is 30.4 Å². The van der Waals surface area contributed by atoms with Gasteiger partial charge >= 0.3 is 6.18 Å². The molecule has 1 saturated heterocycles. The molecule has 2 N–H and O–H groups in total. The minimum Gasteiger partial charge on any atom is -0.353 e. The first-order valence-electron chi connectivity index (χ1n) is 9.71. The normalized spacial score (nSPS) is 19.3. The van der Waals surface area contributed by atoms with Crippen LogP contribution in [-0.2, 0) is 25.7 Å². The second-order valence-corrected chi connectivity index (χ2v) is 7.72. The molecule has 0 spiro atoms. The van der Waals surface area contributed by atoms with Crippen LogP contribution in [-0.4, -0.2) is 51.9 Å². The molecule has 12 heteroatoms. The van der Waals surface area contributed by atoms with E-state index in [1.165, 1.54) is 0 Å². The van der Waals surface area contributed by atoms with Crippen molar-refractivity contribution in [2.24, 2.45) is 4.99 Å². The summed E-state index contributed by atoms with van der Waals surface area (Å²) in [5.41, 5.74) is -0.852. The number of nitrogens with zero attached hydrogens (tertiary/aromatic N) is 6. The third kappa shape index (κ3) is 4.30. The molecular formula is C18H22ClF3N8. The van der Waals surface area contributed by atoms with E-state index in [1.54, 1.807) is 7.05 Å². The minimum atomic E-state index is -4.47. The van der Waals surface area contributed by atoms with Crippen molar-refractivity contribution in [2.45, 2.75) is 44.6 Å². The van der Waals surface area contributed by atoms with Gasteiger partial charge in [0, 0.05) is 45.3 Å². The first-order valence-corrected chi connectivity index (χ1v) is 10.1. The van der Waals surface area contributed by atoms with Gasteiger partial charge in [-0.25, -0.2) is 4.98 Å². The molecule has 1 unspecified atom stereocenters. The molecule has 1 fully saturated rings. The smallest absolute Gasteiger partial charge is 0.353 e. The quantitative estimate of drug-likeness (QED) is 0.558. The summed E-state index contributed by atoms with van der Waals surface area (Å²) < 4.78 is 40.6. The number of pyridine rings is 1. The van der Waals surface area contributed by atoms with Gasteiger partial charge in [0.2, 0.25) is 0 Å². The molecule has 0 bridgehead atoms. The van der Waals surface area contributed by atoms with Crippen molar-refractivity contribution < 1.29 is 13.2 Å². The van der Waals surface area contributed by atoms with Crippen LogP contribution in [0.25, 0.3) is 0 Å². The van der Waals surface area contributed by atoms with E-state index in [-0.39, 0.29) is 11.1 Å². The van der Waals surface area contributed by atoms with Crippen molar-refractivity contribution in [3.63, 3.8) is 0 Å². The predicted molar refractivity (Wildman–Crippen MR) is 107 cm³/mol. The van der Waals surface area contributed by atoms with E-state index in [2.05, 4.69) is 35.4 Å². The number of aromatic nitrogens is 4. The van der Waals surface area contributed by atoms with Crippen LogP contribution in [0.15, 0.2) is 17.3 Å². The van der Waals surface area contributed by atoms with Crippen molar-refractivity contribution in [3.05, 3.63) is 34.5 Å². The number of nitrogens with one attached hydrogen (secondary N) is 2. The SMILES string of the molecule is CN=C(NCc1nnc2n1CCC2)NC1CCN(c2ncc(C(F)(F)F)cc2Cl)C1. The fourth-order valence-electron chi connectivity index (χ4n) is 3.78. The topological polar surface area (TPSA) is 83.3 Å². The maximum absolute atomic E-state index is 12.8. The molecule has 0 radical (unpaired) electrons. The molecule has 0 saturated carbocycles. The van der Waals surface area contributed by atoms with E-state index in [9.17, 15) is 13.2 Å². The van der Waals surface area contributed by atoms with E-state index in [0.29, 0.717) is 31.4 Å². The Labute approximate surface area is 176 Å². The summed E-state index contributed by atoms with van der Waals surface area (Å²) in [7, 11) is 1.69. The van der Waals surface area contributed by atoms with Crippen molar-refractivity contribution in [2.75, 3.05) is 25.0 Å². The Bertz CT molecular complexity index is 942. The summed E-state index contributed by atoms with van der Waals surface area (Å²) in [4.78, 5) is 10.1. The fraction of sp³-hybridized carbons (Fsp3) is 0.556. The Hall–Kier alpha value is -2.56. The van der Waals surface area contributed by atoms with Crippen LogP contribution in [0.2, 0.25) is 5.02 Å². The van der Waals surface area contributed by atoms with Crippen molar-refractivity contribution >= 4 is 23.4 Å². The zero-order valence-corrected chi connectivity index (χ0v) is 17.1. The molecule has 8 nitrogen and oxygen atoms in total. The van der Waals surface area contributed by atoms with Crippen LogP contribution < -0.4 is 15.5 Å². The highest BCUT2D eigenvalue weighted by molar-refractivity contribution is 6.33. The molecule has 2 aromatic rings. The lowest BCUT2D eigenvalue weighted by molar-refractivity contribution is -0.137. The summed E-state index contributed by atoms with van der Waals surface area (Å²) >= 11 is 6.07. The summed E-state index contributed by atoms with van der Waals surface area (Å²) in [6, 6.07) is 0.975. The molecule has 0 aliphatic carbocycles. The summed E-state index contributed by atoms with van der Waals surface area (Å²) in [6.07, 6.45) is -0.825. The van der Waals surface area contributed by atoms with E-state index in [4.69, 9.17) is 11.6 Å². The summed E-state index contributed by atoms with van der Waals surface area (Å²) in [5, 5.41) is 15.0. The van der Waals surface area contributed by atoms with Gasteiger partial charge < -0.3 is 20.1 Å². The standard InChI is InChI=1S/C18H22ClF3N8/c1-23-17(25-9-15-28-27-14-3-2-5-30(14)15)26-12-4-6-29(10-12)16-13(19)7-11(8-24-16)18(20,21)22/h7-8,12H,2-6,9-10H2,1H3,(H2,23,25,26). The lowest BCUT2D eigenvalue weighted by atomic mass is 10.2. The number of hydrogen-bond donors (Lipinski definition) is 2. The van der Waals surface area contributed by atoms with Gasteiger partial charge in [0.15, 0.2) is 11.8 Å². The Morgan fingerprint density at radius 3 is 2.90 bits per heavy atom. The van der Waals surface area contributed by atoms with Gasteiger partial charge in [0.25, 0.3) is 0 Å². The number of rotatable bonds is 4. The summed E-state index contributed by atoms with van der Waals surface area (Å²) in [6.45, 7) is 2.63. The Kier molecular flexibility index (Phi) is 5.72. The third-order valence-electron chi connectivity index (χ3n) is 5.30. The van der Waals surface area contributed by atoms with Gasteiger partial charge in [-0.15, -0.1) is 10.2 Å². The monoisotopic (exact) mass is 442 g/mol. The van der Waals surface area contributed by atoms with Gasteiger partial charge in [0.05, 0.1) is 17.1 Å². The number of halogens is 4. The van der Waals surface area contributed by atoms with Gasteiger partial charge in [-0.3, -0.25) is 4.99 Å². The highest BCUT2D eigenvalue weighted by Gasteiger charge is 2.33. The molecule has 4 rings (SSSR count). The maximum atomic E-state index is 12.8. The molecule has 2 aromatic heterocycles. The second-order valence-electron chi connectivity index (χ2n) is 7.32. The van der Waals surface area contributed by atoms with Crippen LogP contribution in [0.5, 0.6) is 0 Å². The van der Waals surface area contributed by atoms with Crippen LogP contribution >= 0.6 is 11.6 Å². The largest absolute Gasteiger partial charge is 0.417 e. The number of hydrogen-bond acceptors (Lipinski definition) is 5. The molecule has 0 aromatic carbocycles. The highest BCUT2D eigenvalue weighted by Crippen LogP contribution is 2.34. The van der Waals surface area contributed by atoms with Crippen LogP contribution in [0.4, 0.5) is 19.0 Å². The highest BCUT2D eigenvalue weighted by atomic mass is 35.5. The van der Waals surface area contributed by atoms with Crippen LogP contribution in [0, 0.1) is 0 Å². The molecule has 30 heavy (non-hydrogen) atoms. The van der Waals surface area contributed by atoms with E-state index < -0.39 is 11.7 Å².